The largest absolute Gasteiger partial charge is 0.372 e. The normalized spacial score (nSPS) is 23.8. The van der Waals surface area contributed by atoms with Gasteiger partial charge in [0.25, 0.3) is 0 Å². The number of anilines is 1. The molecule has 1 aromatic carbocycles. The standard InChI is InChI=1S/C20H31N3O/c1-16(21-20(24)18-7-6-12-22(2)15-18)17-8-10-19(11-9-17)23-13-4-3-5-14-23/h8-11,16,18H,3-7,12-15H2,1-2H3,(H,21,24). The van der Waals surface area contributed by atoms with E-state index in [-0.39, 0.29) is 17.9 Å². The van der Waals surface area contributed by atoms with Crippen molar-refractivity contribution in [2.45, 2.75) is 45.1 Å². The van der Waals surface area contributed by atoms with E-state index in [1.165, 1.54) is 43.6 Å². The number of carbonyl (C=O) groups is 1. The average molecular weight is 329 g/mol. The summed E-state index contributed by atoms with van der Waals surface area (Å²) in [4.78, 5) is 17.2. The van der Waals surface area contributed by atoms with E-state index in [0.717, 1.165) is 25.9 Å². The van der Waals surface area contributed by atoms with Gasteiger partial charge < -0.3 is 15.1 Å². The SMILES string of the molecule is CC(NC(=O)C1CCCN(C)C1)c1ccc(N2CCCCC2)cc1. The van der Waals surface area contributed by atoms with Crippen molar-refractivity contribution in [1.29, 1.82) is 0 Å². The Kier molecular flexibility index (Phi) is 5.77. The minimum atomic E-state index is 0.0696. The van der Waals surface area contributed by atoms with Crippen LogP contribution in [0.1, 0.15) is 50.6 Å². The molecule has 24 heavy (non-hydrogen) atoms. The molecule has 4 heteroatoms. The zero-order valence-corrected chi connectivity index (χ0v) is 15.1. The number of hydrogen-bond donors (Lipinski definition) is 1. The third-order valence-corrected chi connectivity index (χ3v) is 5.47. The predicted octanol–water partition coefficient (Wildman–Crippen LogP) is 3.20. The molecule has 2 unspecified atom stereocenters. The van der Waals surface area contributed by atoms with Crippen LogP contribution in [-0.4, -0.2) is 44.0 Å². The first kappa shape index (κ1) is 17.3. The molecule has 0 bridgehead atoms. The summed E-state index contributed by atoms with van der Waals surface area (Å²) in [5, 5.41) is 3.21. The molecule has 1 N–H and O–H groups in total. The first-order valence-corrected chi connectivity index (χ1v) is 9.47. The Balaban J connectivity index is 1.56. The second-order valence-electron chi connectivity index (χ2n) is 7.47. The van der Waals surface area contributed by atoms with E-state index in [1.807, 2.05) is 0 Å². The molecule has 0 aromatic heterocycles. The van der Waals surface area contributed by atoms with Gasteiger partial charge in [-0.3, -0.25) is 4.79 Å². The molecule has 0 spiro atoms. The fourth-order valence-corrected chi connectivity index (χ4v) is 3.92. The van der Waals surface area contributed by atoms with E-state index in [2.05, 4.69) is 53.4 Å². The van der Waals surface area contributed by atoms with Gasteiger partial charge in [-0.2, -0.15) is 0 Å². The number of piperidine rings is 2. The number of benzene rings is 1. The van der Waals surface area contributed by atoms with Crippen molar-refractivity contribution >= 4 is 11.6 Å². The smallest absolute Gasteiger partial charge is 0.224 e. The molecule has 0 aliphatic carbocycles. The van der Waals surface area contributed by atoms with Gasteiger partial charge in [-0.15, -0.1) is 0 Å². The molecule has 0 saturated carbocycles. The van der Waals surface area contributed by atoms with Crippen molar-refractivity contribution in [1.82, 2.24) is 10.2 Å². The molecule has 2 aliphatic heterocycles. The summed E-state index contributed by atoms with van der Waals surface area (Å²) in [5.41, 5.74) is 2.50. The van der Waals surface area contributed by atoms with Crippen molar-refractivity contribution in [3.05, 3.63) is 29.8 Å². The summed E-state index contributed by atoms with van der Waals surface area (Å²) < 4.78 is 0. The average Bonchev–Trinajstić information content (AvgIpc) is 2.62. The number of nitrogens with zero attached hydrogens (tertiary/aromatic N) is 2. The minimum Gasteiger partial charge on any atom is -0.372 e. The molecule has 1 aromatic rings. The first-order valence-electron chi connectivity index (χ1n) is 9.47. The summed E-state index contributed by atoms with van der Waals surface area (Å²) in [6.45, 7) is 6.41. The maximum Gasteiger partial charge on any atom is 0.224 e. The van der Waals surface area contributed by atoms with Gasteiger partial charge in [0.2, 0.25) is 5.91 Å². The molecule has 2 saturated heterocycles. The number of hydrogen-bond acceptors (Lipinski definition) is 3. The van der Waals surface area contributed by atoms with E-state index < -0.39 is 0 Å². The fraction of sp³-hybridized carbons (Fsp3) is 0.650. The van der Waals surface area contributed by atoms with Crippen molar-refractivity contribution in [3.63, 3.8) is 0 Å². The van der Waals surface area contributed by atoms with E-state index in [1.54, 1.807) is 0 Å². The summed E-state index contributed by atoms with van der Waals surface area (Å²) in [5.74, 6) is 0.341. The number of likely N-dealkylation sites (tertiary alicyclic amines) is 1. The third-order valence-electron chi connectivity index (χ3n) is 5.47. The fourth-order valence-electron chi connectivity index (χ4n) is 3.92. The molecule has 2 fully saturated rings. The summed E-state index contributed by atoms with van der Waals surface area (Å²) in [7, 11) is 2.10. The van der Waals surface area contributed by atoms with Gasteiger partial charge in [0, 0.05) is 25.3 Å². The van der Waals surface area contributed by atoms with Crippen LogP contribution in [-0.2, 0) is 4.79 Å². The Bertz CT molecular complexity index is 536. The Morgan fingerprint density at radius 2 is 1.79 bits per heavy atom. The van der Waals surface area contributed by atoms with Crippen LogP contribution in [0, 0.1) is 5.92 Å². The van der Waals surface area contributed by atoms with Crippen molar-refractivity contribution in [3.8, 4) is 0 Å². The van der Waals surface area contributed by atoms with Crippen LogP contribution in [0.5, 0.6) is 0 Å². The van der Waals surface area contributed by atoms with Gasteiger partial charge in [-0.25, -0.2) is 0 Å². The van der Waals surface area contributed by atoms with E-state index in [4.69, 9.17) is 0 Å². The molecule has 4 nitrogen and oxygen atoms in total. The Labute approximate surface area is 146 Å². The summed E-state index contributed by atoms with van der Waals surface area (Å²) >= 11 is 0. The van der Waals surface area contributed by atoms with Crippen molar-refractivity contribution in [2.24, 2.45) is 5.92 Å². The molecule has 2 atom stereocenters. The second-order valence-corrected chi connectivity index (χ2v) is 7.47. The van der Waals surface area contributed by atoms with E-state index in [0.29, 0.717) is 0 Å². The van der Waals surface area contributed by atoms with Crippen LogP contribution < -0.4 is 10.2 Å². The van der Waals surface area contributed by atoms with Crippen LogP contribution in [0.25, 0.3) is 0 Å². The third kappa shape index (κ3) is 4.29. The molecule has 0 radical (unpaired) electrons. The van der Waals surface area contributed by atoms with E-state index >= 15 is 0 Å². The number of rotatable bonds is 4. The lowest BCUT2D eigenvalue weighted by atomic mass is 9.96. The maximum absolute atomic E-state index is 12.5. The lowest BCUT2D eigenvalue weighted by Crippen LogP contribution is -2.42. The zero-order valence-electron chi connectivity index (χ0n) is 15.1. The topological polar surface area (TPSA) is 35.6 Å². The van der Waals surface area contributed by atoms with Crippen LogP contribution in [0.15, 0.2) is 24.3 Å². The van der Waals surface area contributed by atoms with Gasteiger partial charge in [0.1, 0.15) is 0 Å². The molecule has 1 amide bonds. The zero-order chi connectivity index (χ0) is 16.9. The first-order chi connectivity index (χ1) is 11.6. The number of carbonyl (C=O) groups excluding carboxylic acids is 1. The molecule has 2 heterocycles. The van der Waals surface area contributed by atoms with Crippen LogP contribution in [0.4, 0.5) is 5.69 Å². The predicted molar refractivity (Wildman–Crippen MR) is 99.3 cm³/mol. The van der Waals surface area contributed by atoms with Crippen molar-refractivity contribution < 1.29 is 4.79 Å². The second kappa shape index (κ2) is 8.02. The van der Waals surface area contributed by atoms with Gasteiger partial charge in [0.15, 0.2) is 0 Å². The van der Waals surface area contributed by atoms with Gasteiger partial charge in [0.05, 0.1) is 12.0 Å². The molecule has 132 valence electrons. The minimum absolute atomic E-state index is 0.0696. The number of nitrogens with one attached hydrogen (secondary N) is 1. The highest BCUT2D eigenvalue weighted by Gasteiger charge is 2.25. The number of amides is 1. The quantitative estimate of drug-likeness (QED) is 0.921. The maximum atomic E-state index is 12.5. The van der Waals surface area contributed by atoms with Crippen LogP contribution in [0.3, 0.4) is 0 Å². The molecular formula is C20H31N3O. The summed E-state index contributed by atoms with van der Waals surface area (Å²) in [6.07, 6.45) is 6.08. The molecule has 3 rings (SSSR count). The van der Waals surface area contributed by atoms with Crippen LogP contribution in [0.2, 0.25) is 0 Å². The van der Waals surface area contributed by atoms with Crippen molar-refractivity contribution in [2.75, 3.05) is 38.1 Å². The Hall–Kier alpha value is -1.55. The lowest BCUT2D eigenvalue weighted by molar-refractivity contribution is -0.127. The highest BCUT2D eigenvalue weighted by atomic mass is 16.2. The highest BCUT2D eigenvalue weighted by Crippen LogP contribution is 2.23. The summed E-state index contributed by atoms with van der Waals surface area (Å²) in [6, 6.07) is 8.82. The lowest BCUT2D eigenvalue weighted by Gasteiger charge is -2.30. The Morgan fingerprint density at radius 1 is 1.08 bits per heavy atom. The van der Waals surface area contributed by atoms with Gasteiger partial charge >= 0.3 is 0 Å². The highest BCUT2D eigenvalue weighted by molar-refractivity contribution is 5.79. The van der Waals surface area contributed by atoms with Gasteiger partial charge in [-0.1, -0.05) is 12.1 Å². The molecule has 2 aliphatic rings. The van der Waals surface area contributed by atoms with Gasteiger partial charge in [-0.05, 0) is 70.3 Å². The Morgan fingerprint density at radius 3 is 2.46 bits per heavy atom. The monoisotopic (exact) mass is 329 g/mol. The molecular weight excluding hydrogens is 298 g/mol. The van der Waals surface area contributed by atoms with E-state index in [9.17, 15) is 4.79 Å². The van der Waals surface area contributed by atoms with Crippen LogP contribution >= 0.6 is 0 Å².